The van der Waals surface area contributed by atoms with E-state index < -0.39 is 0 Å². The number of amidine groups is 2. The molecule has 2 rings (SSSR count). The van der Waals surface area contributed by atoms with Crippen LogP contribution < -0.4 is 9.80 Å². The van der Waals surface area contributed by atoms with Crippen LogP contribution in [0.5, 0.6) is 0 Å². The van der Waals surface area contributed by atoms with E-state index in [4.69, 9.17) is 10.8 Å². The van der Waals surface area contributed by atoms with E-state index in [1.54, 1.807) is 11.8 Å². The molecule has 0 aliphatic carbocycles. The Labute approximate surface area is 89.1 Å². The Morgan fingerprint density at radius 3 is 2.47 bits per heavy atom. The molecule has 4 nitrogen and oxygen atoms in total. The summed E-state index contributed by atoms with van der Waals surface area (Å²) >= 11 is 0. The van der Waals surface area contributed by atoms with Gasteiger partial charge in [0.2, 0.25) is 0 Å². The molecule has 0 spiro atoms. The van der Waals surface area contributed by atoms with Gasteiger partial charge in [-0.15, -0.1) is 0 Å². The van der Waals surface area contributed by atoms with Gasteiger partial charge in [0.15, 0.2) is 0 Å². The van der Waals surface area contributed by atoms with E-state index in [-0.39, 0.29) is 0 Å². The standard InChI is InChI=1S/C11H14N4/c1-8(12)15-10-6-4-3-5-9(10)14(2)7-11(15)13/h3-6,12-13H,7H2,1-2H3. The maximum atomic E-state index is 7.88. The van der Waals surface area contributed by atoms with Gasteiger partial charge in [0, 0.05) is 7.05 Å². The number of anilines is 2. The second-order valence-electron chi connectivity index (χ2n) is 3.71. The Morgan fingerprint density at radius 1 is 1.27 bits per heavy atom. The van der Waals surface area contributed by atoms with Crippen LogP contribution in [0.2, 0.25) is 0 Å². The normalized spacial score (nSPS) is 15.2. The van der Waals surface area contributed by atoms with Crippen molar-refractivity contribution in [3.8, 4) is 0 Å². The van der Waals surface area contributed by atoms with Crippen LogP contribution in [0, 0.1) is 10.8 Å². The van der Waals surface area contributed by atoms with Gasteiger partial charge in [-0.25, -0.2) is 0 Å². The average Bonchev–Trinajstić information content (AvgIpc) is 2.17. The Morgan fingerprint density at radius 2 is 1.87 bits per heavy atom. The largest absolute Gasteiger partial charge is 0.365 e. The molecule has 1 aromatic carbocycles. The second-order valence-corrected chi connectivity index (χ2v) is 3.71. The number of hydrogen-bond acceptors (Lipinski definition) is 3. The van der Waals surface area contributed by atoms with Gasteiger partial charge < -0.3 is 4.90 Å². The molecule has 1 aromatic rings. The summed E-state index contributed by atoms with van der Waals surface area (Å²) in [4.78, 5) is 3.70. The van der Waals surface area contributed by atoms with E-state index in [1.807, 2.05) is 36.2 Å². The van der Waals surface area contributed by atoms with Gasteiger partial charge in [-0.2, -0.15) is 0 Å². The lowest BCUT2D eigenvalue weighted by Crippen LogP contribution is -2.45. The molecule has 15 heavy (non-hydrogen) atoms. The summed E-state index contributed by atoms with van der Waals surface area (Å²) in [6, 6.07) is 7.86. The van der Waals surface area contributed by atoms with Crippen molar-refractivity contribution in [1.29, 1.82) is 10.8 Å². The first-order valence-corrected chi connectivity index (χ1v) is 4.84. The van der Waals surface area contributed by atoms with E-state index in [1.165, 1.54) is 0 Å². The minimum Gasteiger partial charge on any atom is -0.365 e. The number of nitrogens with zero attached hydrogens (tertiary/aromatic N) is 2. The Bertz CT molecular complexity index is 424. The van der Waals surface area contributed by atoms with Crippen LogP contribution in [0.3, 0.4) is 0 Å². The van der Waals surface area contributed by atoms with Crippen molar-refractivity contribution in [2.45, 2.75) is 6.92 Å². The Hall–Kier alpha value is -1.84. The number of benzene rings is 1. The van der Waals surface area contributed by atoms with Crippen molar-refractivity contribution in [1.82, 2.24) is 0 Å². The predicted octanol–water partition coefficient (Wildman–Crippen LogP) is 1.92. The van der Waals surface area contributed by atoms with Crippen molar-refractivity contribution in [3.63, 3.8) is 0 Å². The minimum atomic E-state index is 0.389. The maximum absolute atomic E-state index is 7.88. The van der Waals surface area contributed by atoms with Gasteiger partial charge in [0.05, 0.1) is 17.9 Å². The minimum absolute atomic E-state index is 0.389. The third kappa shape index (κ3) is 1.48. The summed E-state index contributed by atoms with van der Waals surface area (Å²) in [7, 11) is 1.96. The smallest absolute Gasteiger partial charge is 0.126 e. The second kappa shape index (κ2) is 3.38. The highest BCUT2D eigenvalue weighted by Gasteiger charge is 2.25. The topological polar surface area (TPSA) is 54.2 Å². The lowest BCUT2D eigenvalue weighted by atomic mass is 10.1. The number of para-hydroxylation sites is 2. The van der Waals surface area contributed by atoms with Crippen molar-refractivity contribution in [2.75, 3.05) is 23.4 Å². The predicted molar refractivity (Wildman–Crippen MR) is 63.3 cm³/mol. The Balaban J connectivity index is 2.56. The van der Waals surface area contributed by atoms with Crippen LogP contribution in [0.25, 0.3) is 0 Å². The van der Waals surface area contributed by atoms with Gasteiger partial charge in [0.25, 0.3) is 0 Å². The molecule has 0 aromatic heterocycles. The van der Waals surface area contributed by atoms with Crippen molar-refractivity contribution in [3.05, 3.63) is 24.3 Å². The first-order valence-electron chi connectivity index (χ1n) is 4.84. The molecule has 0 radical (unpaired) electrons. The summed E-state index contributed by atoms with van der Waals surface area (Å²) in [5, 5.41) is 15.6. The maximum Gasteiger partial charge on any atom is 0.126 e. The quantitative estimate of drug-likeness (QED) is 0.499. The zero-order valence-electron chi connectivity index (χ0n) is 8.91. The van der Waals surface area contributed by atoms with E-state index >= 15 is 0 Å². The van der Waals surface area contributed by atoms with Gasteiger partial charge in [0.1, 0.15) is 11.7 Å². The van der Waals surface area contributed by atoms with Crippen LogP contribution in [0.15, 0.2) is 24.3 Å². The first kappa shape index (κ1) is 9.71. The first-order chi connectivity index (χ1) is 7.11. The van der Waals surface area contributed by atoms with Gasteiger partial charge in [-0.3, -0.25) is 15.7 Å². The highest BCUT2D eigenvalue weighted by Crippen LogP contribution is 2.32. The van der Waals surface area contributed by atoms with E-state index in [0.717, 1.165) is 11.4 Å². The van der Waals surface area contributed by atoms with Crippen LogP contribution in [0.1, 0.15) is 6.92 Å². The van der Waals surface area contributed by atoms with Crippen molar-refractivity contribution < 1.29 is 0 Å². The number of rotatable bonds is 0. The third-order valence-electron chi connectivity index (χ3n) is 2.53. The molecule has 0 fully saturated rings. The number of likely N-dealkylation sites (N-methyl/N-ethyl adjacent to an activating group) is 1. The summed E-state index contributed by atoms with van der Waals surface area (Å²) < 4.78 is 0. The van der Waals surface area contributed by atoms with Crippen LogP contribution >= 0.6 is 0 Å². The molecule has 0 saturated carbocycles. The summed E-state index contributed by atoms with van der Waals surface area (Å²) in [6.45, 7) is 2.25. The number of hydrogen-bond donors (Lipinski definition) is 2. The van der Waals surface area contributed by atoms with E-state index in [2.05, 4.69) is 0 Å². The number of nitrogens with one attached hydrogen (secondary N) is 2. The van der Waals surface area contributed by atoms with E-state index in [0.29, 0.717) is 18.2 Å². The molecular weight excluding hydrogens is 188 g/mol. The molecule has 1 aliphatic rings. The van der Waals surface area contributed by atoms with Gasteiger partial charge in [-0.05, 0) is 19.1 Å². The average molecular weight is 202 g/mol. The van der Waals surface area contributed by atoms with Crippen LogP contribution in [0.4, 0.5) is 11.4 Å². The highest BCUT2D eigenvalue weighted by atomic mass is 15.3. The highest BCUT2D eigenvalue weighted by molar-refractivity contribution is 6.20. The molecule has 78 valence electrons. The summed E-state index contributed by atoms with van der Waals surface area (Å²) in [5.74, 6) is 0.837. The molecule has 2 N–H and O–H groups in total. The SMILES string of the molecule is CC(=N)N1C(=N)CN(C)c2ccccc21. The Kier molecular flexibility index (Phi) is 2.19. The fourth-order valence-corrected chi connectivity index (χ4v) is 1.89. The van der Waals surface area contributed by atoms with Crippen LogP contribution in [-0.2, 0) is 0 Å². The fraction of sp³-hybridized carbons (Fsp3) is 0.273. The molecule has 1 aliphatic heterocycles. The number of fused-ring (bicyclic) bond motifs is 1. The summed E-state index contributed by atoms with van der Waals surface area (Å²) in [6.07, 6.45) is 0. The lowest BCUT2D eigenvalue weighted by molar-refractivity contribution is 1.00. The molecule has 4 heteroatoms. The lowest BCUT2D eigenvalue weighted by Gasteiger charge is -2.36. The van der Waals surface area contributed by atoms with Crippen molar-refractivity contribution >= 4 is 23.0 Å². The zero-order valence-corrected chi connectivity index (χ0v) is 8.91. The van der Waals surface area contributed by atoms with Crippen LogP contribution in [-0.4, -0.2) is 25.3 Å². The molecule has 0 atom stereocenters. The zero-order chi connectivity index (χ0) is 11.0. The molecule has 0 unspecified atom stereocenters. The van der Waals surface area contributed by atoms with Gasteiger partial charge >= 0.3 is 0 Å². The third-order valence-corrected chi connectivity index (χ3v) is 2.53. The summed E-state index contributed by atoms with van der Waals surface area (Å²) in [5.41, 5.74) is 1.99. The fourth-order valence-electron chi connectivity index (χ4n) is 1.89. The van der Waals surface area contributed by atoms with Crippen molar-refractivity contribution in [2.24, 2.45) is 0 Å². The molecule has 0 saturated heterocycles. The van der Waals surface area contributed by atoms with E-state index in [9.17, 15) is 0 Å². The molecule has 0 amide bonds. The molecule has 0 bridgehead atoms. The molecule has 1 heterocycles. The monoisotopic (exact) mass is 202 g/mol. The molecular formula is C11H14N4. The van der Waals surface area contributed by atoms with Gasteiger partial charge in [-0.1, -0.05) is 12.1 Å².